The predicted molar refractivity (Wildman–Crippen MR) is 95.8 cm³/mol. The molecule has 1 aromatic rings. The summed E-state index contributed by atoms with van der Waals surface area (Å²) in [4.78, 5) is 24.6. The van der Waals surface area contributed by atoms with Crippen molar-refractivity contribution >= 4 is 17.9 Å². The maximum absolute atomic E-state index is 12.3. The fourth-order valence-corrected chi connectivity index (χ4v) is 2.76. The zero-order valence-electron chi connectivity index (χ0n) is 15.0. The van der Waals surface area contributed by atoms with Crippen molar-refractivity contribution in [2.45, 2.75) is 51.8 Å². The van der Waals surface area contributed by atoms with E-state index in [1.807, 2.05) is 45.0 Å². The highest BCUT2D eigenvalue weighted by atomic mass is 16.6. The Morgan fingerprint density at radius 2 is 1.96 bits per heavy atom. The number of benzene rings is 1. The highest BCUT2D eigenvalue weighted by Gasteiger charge is 2.31. The molecule has 1 aliphatic heterocycles. The van der Waals surface area contributed by atoms with Gasteiger partial charge in [-0.25, -0.2) is 9.59 Å². The van der Waals surface area contributed by atoms with Gasteiger partial charge in [0.15, 0.2) is 0 Å². The third-order valence-electron chi connectivity index (χ3n) is 3.94. The van der Waals surface area contributed by atoms with Gasteiger partial charge in [-0.1, -0.05) is 12.1 Å². The topological polar surface area (TPSA) is 90.9 Å². The molecule has 0 aromatic heterocycles. The van der Waals surface area contributed by atoms with Crippen LogP contribution in [0.1, 0.15) is 39.2 Å². The molecule has 2 rings (SSSR count). The van der Waals surface area contributed by atoms with Crippen molar-refractivity contribution in [2.24, 2.45) is 0 Å². The lowest BCUT2D eigenvalue weighted by Gasteiger charge is -2.29. The number of nitrogens with zero attached hydrogens (tertiary/aromatic N) is 1. The summed E-state index contributed by atoms with van der Waals surface area (Å²) in [5.41, 5.74) is 1.34. The molecule has 1 atom stereocenters. The normalized spacial score (nSPS) is 17.2. The Kier molecular flexibility index (Phi) is 6.12. The SMILES string of the molecule is CC(C)(C)OC(=O)N1CCC[C@H]1CNc1ccc(CNC(=O)O)cc1. The first kappa shape index (κ1) is 18.9. The molecule has 1 aliphatic rings. The van der Waals surface area contributed by atoms with Crippen molar-refractivity contribution in [3.05, 3.63) is 29.8 Å². The van der Waals surface area contributed by atoms with Crippen LogP contribution in [0, 0.1) is 0 Å². The second-order valence-electron chi connectivity index (χ2n) is 7.21. The van der Waals surface area contributed by atoms with E-state index in [0.717, 1.165) is 30.6 Å². The number of hydrogen-bond donors (Lipinski definition) is 3. The van der Waals surface area contributed by atoms with Crippen molar-refractivity contribution in [1.82, 2.24) is 10.2 Å². The summed E-state index contributed by atoms with van der Waals surface area (Å²) in [6, 6.07) is 7.68. The molecule has 0 aliphatic carbocycles. The van der Waals surface area contributed by atoms with Crippen LogP contribution in [0.2, 0.25) is 0 Å². The van der Waals surface area contributed by atoms with E-state index in [2.05, 4.69) is 10.6 Å². The van der Waals surface area contributed by atoms with Gasteiger partial charge in [0, 0.05) is 25.3 Å². The summed E-state index contributed by atoms with van der Waals surface area (Å²) in [6.07, 6.45) is 0.635. The first-order valence-electron chi connectivity index (χ1n) is 8.54. The average molecular weight is 349 g/mol. The molecule has 0 bridgehead atoms. The Bertz CT molecular complexity index is 595. The molecule has 0 spiro atoms. The summed E-state index contributed by atoms with van der Waals surface area (Å²) >= 11 is 0. The molecule has 1 aromatic carbocycles. The summed E-state index contributed by atoms with van der Waals surface area (Å²) in [5.74, 6) is 0. The molecule has 3 N–H and O–H groups in total. The van der Waals surface area contributed by atoms with Gasteiger partial charge in [0.1, 0.15) is 5.60 Å². The number of nitrogens with one attached hydrogen (secondary N) is 2. The second-order valence-corrected chi connectivity index (χ2v) is 7.21. The Balaban J connectivity index is 1.85. The highest BCUT2D eigenvalue weighted by Crippen LogP contribution is 2.21. The van der Waals surface area contributed by atoms with Gasteiger partial charge >= 0.3 is 12.2 Å². The Labute approximate surface area is 148 Å². The molecule has 1 saturated heterocycles. The van der Waals surface area contributed by atoms with Crippen LogP contribution in [0.15, 0.2) is 24.3 Å². The molecule has 7 heteroatoms. The van der Waals surface area contributed by atoms with Crippen molar-refractivity contribution in [1.29, 1.82) is 0 Å². The van der Waals surface area contributed by atoms with Crippen LogP contribution in [0.3, 0.4) is 0 Å². The number of carboxylic acid groups (broad SMARTS) is 1. The van der Waals surface area contributed by atoms with Gasteiger partial charge < -0.3 is 25.4 Å². The largest absolute Gasteiger partial charge is 0.465 e. The van der Waals surface area contributed by atoms with E-state index in [-0.39, 0.29) is 18.7 Å². The van der Waals surface area contributed by atoms with E-state index in [1.165, 1.54) is 0 Å². The van der Waals surface area contributed by atoms with Crippen LogP contribution < -0.4 is 10.6 Å². The number of amides is 2. The molecule has 25 heavy (non-hydrogen) atoms. The van der Waals surface area contributed by atoms with Gasteiger partial charge in [-0.05, 0) is 51.3 Å². The number of likely N-dealkylation sites (tertiary alicyclic amines) is 1. The van der Waals surface area contributed by atoms with E-state index in [0.29, 0.717) is 6.54 Å². The molecule has 138 valence electrons. The van der Waals surface area contributed by atoms with E-state index in [9.17, 15) is 9.59 Å². The van der Waals surface area contributed by atoms with E-state index >= 15 is 0 Å². The van der Waals surface area contributed by atoms with Crippen LogP contribution in [0.5, 0.6) is 0 Å². The minimum absolute atomic E-state index is 0.114. The predicted octanol–water partition coefficient (Wildman–Crippen LogP) is 3.27. The summed E-state index contributed by atoms with van der Waals surface area (Å²) < 4.78 is 5.47. The molecular formula is C18H27N3O4. The molecule has 7 nitrogen and oxygen atoms in total. The maximum Gasteiger partial charge on any atom is 0.410 e. The van der Waals surface area contributed by atoms with E-state index in [1.54, 1.807) is 4.90 Å². The van der Waals surface area contributed by atoms with Gasteiger partial charge in [-0.3, -0.25) is 0 Å². The van der Waals surface area contributed by atoms with Crippen molar-refractivity contribution in [3.63, 3.8) is 0 Å². The third kappa shape index (κ3) is 6.17. The number of ether oxygens (including phenoxy) is 1. The van der Waals surface area contributed by atoms with Gasteiger partial charge in [0.05, 0.1) is 6.04 Å². The lowest BCUT2D eigenvalue weighted by Crippen LogP contribution is -2.42. The zero-order chi connectivity index (χ0) is 18.4. The van der Waals surface area contributed by atoms with Crippen LogP contribution >= 0.6 is 0 Å². The number of hydrogen-bond acceptors (Lipinski definition) is 4. The van der Waals surface area contributed by atoms with E-state index in [4.69, 9.17) is 9.84 Å². The fourth-order valence-electron chi connectivity index (χ4n) is 2.76. The molecule has 1 heterocycles. The Hall–Kier alpha value is -2.44. The number of carbonyl (C=O) groups is 2. The minimum Gasteiger partial charge on any atom is -0.465 e. The van der Waals surface area contributed by atoms with Crippen LogP contribution in [-0.4, -0.2) is 46.9 Å². The molecule has 1 fully saturated rings. The third-order valence-corrected chi connectivity index (χ3v) is 3.94. The van der Waals surface area contributed by atoms with Crippen molar-refractivity contribution in [3.8, 4) is 0 Å². The fraction of sp³-hybridized carbons (Fsp3) is 0.556. The molecule has 0 unspecified atom stereocenters. The summed E-state index contributed by atoms with van der Waals surface area (Å²) in [6.45, 7) is 7.27. The molecular weight excluding hydrogens is 322 g/mol. The standard InChI is InChI=1S/C18H27N3O4/c1-18(2,3)25-17(24)21-10-4-5-15(21)12-19-14-8-6-13(7-9-14)11-20-16(22)23/h6-9,15,19-20H,4-5,10-12H2,1-3H3,(H,22,23)/t15-/m0/s1. The summed E-state index contributed by atoms with van der Waals surface area (Å²) in [5, 5.41) is 14.3. The number of anilines is 1. The molecule has 0 radical (unpaired) electrons. The van der Waals surface area contributed by atoms with Crippen LogP contribution in [0.25, 0.3) is 0 Å². The lowest BCUT2D eigenvalue weighted by molar-refractivity contribution is 0.0235. The Morgan fingerprint density at radius 1 is 1.28 bits per heavy atom. The monoisotopic (exact) mass is 349 g/mol. The zero-order valence-corrected chi connectivity index (χ0v) is 15.0. The number of carbonyl (C=O) groups excluding carboxylic acids is 1. The lowest BCUT2D eigenvalue weighted by atomic mass is 10.2. The van der Waals surface area contributed by atoms with E-state index < -0.39 is 11.7 Å². The minimum atomic E-state index is -1.04. The van der Waals surface area contributed by atoms with Gasteiger partial charge in [-0.2, -0.15) is 0 Å². The average Bonchev–Trinajstić information content (AvgIpc) is 2.99. The molecule has 2 amide bonds. The van der Waals surface area contributed by atoms with Gasteiger partial charge in [0.2, 0.25) is 0 Å². The summed E-state index contributed by atoms with van der Waals surface area (Å²) in [7, 11) is 0. The first-order valence-corrected chi connectivity index (χ1v) is 8.54. The van der Waals surface area contributed by atoms with Crippen molar-refractivity contribution in [2.75, 3.05) is 18.4 Å². The highest BCUT2D eigenvalue weighted by molar-refractivity contribution is 5.69. The number of rotatable bonds is 5. The molecule has 0 saturated carbocycles. The first-order chi connectivity index (χ1) is 11.7. The van der Waals surface area contributed by atoms with Gasteiger partial charge in [0.25, 0.3) is 0 Å². The second kappa shape index (κ2) is 8.09. The quantitative estimate of drug-likeness (QED) is 0.759. The van der Waals surface area contributed by atoms with Crippen LogP contribution in [0.4, 0.5) is 15.3 Å². The van der Waals surface area contributed by atoms with Gasteiger partial charge in [-0.15, -0.1) is 0 Å². The van der Waals surface area contributed by atoms with Crippen molar-refractivity contribution < 1.29 is 19.4 Å². The Morgan fingerprint density at radius 3 is 2.56 bits per heavy atom. The van der Waals surface area contributed by atoms with Crippen LogP contribution in [-0.2, 0) is 11.3 Å². The maximum atomic E-state index is 12.3. The smallest absolute Gasteiger partial charge is 0.410 e.